The molecule has 0 unspecified atom stereocenters. The second kappa shape index (κ2) is 7.27. The van der Waals surface area contributed by atoms with Gasteiger partial charge in [-0.2, -0.15) is 0 Å². The molecule has 0 saturated heterocycles. The normalized spacial score (nSPS) is 12.4. The summed E-state index contributed by atoms with van der Waals surface area (Å²) in [7, 11) is 0. The van der Waals surface area contributed by atoms with Crippen LogP contribution in [0.1, 0.15) is 0 Å². The van der Waals surface area contributed by atoms with E-state index in [-0.39, 0.29) is 23.0 Å². The summed E-state index contributed by atoms with van der Waals surface area (Å²) >= 11 is 5.73. The van der Waals surface area contributed by atoms with Crippen molar-refractivity contribution in [1.29, 1.82) is 0 Å². The van der Waals surface area contributed by atoms with E-state index in [0.717, 1.165) is 0 Å². The van der Waals surface area contributed by atoms with Crippen LogP contribution in [0.2, 0.25) is 5.02 Å². The molecule has 2 aromatic carbocycles. The molecular formula is C16H13ClN2O6. The number of nitrogens with zero attached hydrogens (tertiary/aromatic N) is 1. The van der Waals surface area contributed by atoms with Gasteiger partial charge < -0.3 is 19.5 Å². The molecule has 0 saturated carbocycles. The summed E-state index contributed by atoms with van der Waals surface area (Å²) in [5.74, 6) is 1.15. The van der Waals surface area contributed by atoms with Gasteiger partial charge in [-0.1, -0.05) is 11.6 Å². The first-order valence-corrected chi connectivity index (χ1v) is 7.67. The summed E-state index contributed by atoms with van der Waals surface area (Å²) in [6.07, 6.45) is 0. The molecule has 130 valence electrons. The van der Waals surface area contributed by atoms with Gasteiger partial charge in [0.05, 0.1) is 4.92 Å². The van der Waals surface area contributed by atoms with Gasteiger partial charge >= 0.3 is 0 Å². The lowest BCUT2D eigenvalue weighted by atomic mass is 10.2. The summed E-state index contributed by atoms with van der Waals surface area (Å²) in [6.45, 7) is 0.672. The Hall–Kier alpha value is -3.00. The number of benzene rings is 2. The Kier molecular flexibility index (Phi) is 4.90. The lowest BCUT2D eigenvalue weighted by molar-refractivity contribution is -0.384. The third-order valence-corrected chi connectivity index (χ3v) is 3.63. The maximum absolute atomic E-state index is 11.9. The number of anilines is 1. The van der Waals surface area contributed by atoms with E-state index in [1.807, 2.05) is 0 Å². The molecule has 0 fully saturated rings. The highest BCUT2D eigenvalue weighted by atomic mass is 35.5. The molecule has 9 heteroatoms. The minimum Gasteiger partial charge on any atom is -0.486 e. The van der Waals surface area contributed by atoms with Gasteiger partial charge in [-0.25, -0.2) is 0 Å². The number of amides is 1. The van der Waals surface area contributed by atoms with Crippen LogP contribution in [0.4, 0.5) is 11.4 Å². The Labute approximate surface area is 147 Å². The van der Waals surface area contributed by atoms with Gasteiger partial charge in [-0.15, -0.1) is 0 Å². The highest BCUT2D eigenvalue weighted by Gasteiger charge is 2.15. The number of nitrogens with one attached hydrogen (secondary N) is 1. The monoisotopic (exact) mass is 364 g/mol. The van der Waals surface area contributed by atoms with Crippen LogP contribution >= 0.6 is 11.6 Å². The molecule has 2 aromatic rings. The van der Waals surface area contributed by atoms with Crippen molar-refractivity contribution >= 4 is 28.9 Å². The summed E-state index contributed by atoms with van der Waals surface area (Å²) < 4.78 is 16.2. The largest absolute Gasteiger partial charge is 0.486 e. The zero-order chi connectivity index (χ0) is 17.8. The molecule has 1 N–H and O–H groups in total. The number of hydrogen-bond donors (Lipinski definition) is 1. The minimum atomic E-state index is -0.621. The van der Waals surface area contributed by atoms with E-state index >= 15 is 0 Å². The number of hydrogen-bond acceptors (Lipinski definition) is 6. The van der Waals surface area contributed by atoms with Gasteiger partial charge in [0, 0.05) is 17.8 Å². The number of fused-ring (bicyclic) bond motifs is 1. The molecule has 25 heavy (non-hydrogen) atoms. The fourth-order valence-corrected chi connectivity index (χ4v) is 2.38. The Balaban J connectivity index is 1.60. The van der Waals surface area contributed by atoms with Crippen molar-refractivity contribution in [2.75, 3.05) is 25.1 Å². The van der Waals surface area contributed by atoms with Gasteiger partial charge in [-0.05, 0) is 24.3 Å². The zero-order valence-electron chi connectivity index (χ0n) is 12.9. The van der Waals surface area contributed by atoms with E-state index in [1.54, 1.807) is 18.2 Å². The molecule has 0 aromatic heterocycles. The third-order valence-electron chi connectivity index (χ3n) is 3.31. The van der Waals surface area contributed by atoms with E-state index in [1.165, 1.54) is 18.2 Å². The standard InChI is InChI=1S/C16H13ClN2O6/c17-12-3-1-10(7-13(12)19(21)22)18-16(20)9-25-11-2-4-14-15(8-11)24-6-5-23-14/h1-4,7-8H,5-6,9H2,(H,18,20). The van der Waals surface area contributed by atoms with Crippen LogP contribution in [0, 0.1) is 10.1 Å². The van der Waals surface area contributed by atoms with Gasteiger partial charge in [0.25, 0.3) is 11.6 Å². The average molecular weight is 365 g/mol. The first-order chi connectivity index (χ1) is 12.0. The molecule has 0 atom stereocenters. The first-order valence-electron chi connectivity index (χ1n) is 7.29. The Morgan fingerprint density at radius 1 is 1.20 bits per heavy atom. The maximum atomic E-state index is 11.9. The molecule has 3 rings (SSSR count). The van der Waals surface area contributed by atoms with Crippen molar-refractivity contribution in [2.24, 2.45) is 0 Å². The van der Waals surface area contributed by atoms with Crippen molar-refractivity contribution < 1.29 is 23.9 Å². The van der Waals surface area contributed by atoms with Crippen LogP contribution in [0.15, 0.2) is 36.4 Å². The number of halogens is 1. The SMILES string of the molecule is O=C(COc1ccc2c(c1)OCCO2)Nc1ccc(Cl)c([N+](=O)[O-])c1. The van der Waals surface area contributed by atoms with Crippen LogP contribution in [0.5, 0.6) is 17.2 Å². The molecule has 1 aliphatic rings. The summed E-state index contributed by atoms with van der Waals surface area (Å²) in [6, 6.07) is 8.99. The Morgan fingerprint density at radius 3 is 2.72 bits per heavy atom. The highest BCUT2D eigenvalue weighted by molar-refractivity contribution is 6.32. The molecule has 8 nitrogen and oxygen atoms in total. The molecule has 1 heterocycles. The first kappa shape index (κ1) is 16.8. The number of rotatable bonds is 5. The quantitative estimate of drug-likeness (QED) is 0.646. The predicted molar refractivity (Wildman–Crippen MR) is 89.7 cm³/mol. The van der Waals surface area contributed by atoms with Crippen molar-refractivity contribution in [2.45, 2.75) is 0 Å². The number of nitro groups is 1. The number of carbonyl (C=O) groups is 1. The molecule has 0 bridgehead atoms. The predicted octanol–water partition coefficient (Wildman–Crippen LogP) is 3.04. The highest BCUT2D eigenvalue weighted by Crippen LogP contribution is 2.33. The van der Waals surface area contributed by atoms with E-state index in [4.69, 9.17) is 25.8 Å². The van der Waals surface area contributed by atoms with Crippen LogP contribution in [-0.2, 0) is 4.79 Å². The molecular weight excluding hydrogens is 352 g/mol. The van der Waals surface area contributed by atoms with Crippen molar-refractivity contribution in [1.82, 2.24) is 0 Å². The molecule has 0 radical (unpaired) electrons. The van der Waals surface area contributed by atoms with Crippen LogP contribution < -0.4 is 19.5 Å². The van der Waals surface area contributed by atoms with Crippen molar-refractivity contribution in [3.8, 4) is 17.2 Å². The second-order valence-corrected chi connectivity index (χ2v) is 5.47. The van der Waals surface area contributed by atoms with Gasteiger partial charge in [0.15, 0.2) is 18.1 Å². The summed E-state index contributed by atoms with van der Waals surface area (Å²) in [5.41, 5.74) is -0.0286. The van der Waals surface area contributed by atoms with Gasteiger partial charge in [-0.3, -0.25) is 14.9 Å². The smallest absolute Gasteiger partial charge is 0.289 e. The fourth-order valence-electron chi connectivity index (χ4n) is 2.19. The van der Waals surface area contributed by atoms with Crippen LogP contribution in [0.3, 0.4) is 0 Å². The van der Waals surface area contributed by atoms with E-state index < -0.39 is 10.8 Å². The van der Waals surface area contributed by atoms with Crippen LogP contribution in [-0.4, -0.2) is 30.7 Å². The lowest BCUT2D eigenvalue weighted by Gasteiger charge is -2.18. The summed E-state index contributed by atoms with van der Waals surface area (Å²) in [5, 5.41) is 13.4. The van der Waals surface area contributed by atoms with Gasteiger partial charge in [0.1, 0.15) is 24.0 Å². The molecule has 0 aliphatic carbocycles. The Morgan fingerprint density at radius 2 is 1.96 bits per heavy atom. The minimum absolute atomic E-state index is 0.00414. The van der Waals surface area contributed by atoms with Gasteiger partial charge in [0.2, 0.25) is 0 Å². The van der Waals surface area contributed by atoms with E-state index in [2.05, 4.69) is 5.32 Å². The lowest BCUT2D eigenvalue weighted by Crippen LogP contribution is -2.20. The van der Waals surface area contributed by atoms with Crippen LogP contribution in [0.25, 0.3) is 0 Å². The average Bonchev–Trinajstić information content (AvgIpc) is 2.61. The maximum Gasteiger partial charge on any atom is 0.289 e. The fraction of sp³-hybridized carbons (Fsp3) is 0.188. The van der Waals surface area contributed by atoms with Crippen molar-refractivity contribution in [3.05, 3.63) is 51.5 Å². The number of nitro benzene ring substituents is 1. The number of ether oxygens (including phenoxy) is 3. The van der Waals surface area contributed by atoms with E-state index in [0.29, 0.717) is 30.5 Å². The molecule has 1 aliphatic heterocycles. The summed E-state index contributed by atoms with van der Waals surface area (Å²) in [4.78, 5) is 22.2. The zero-order valence-corrected chi connectivity index (χ0v) is 13.6. The van der Waals surface area contributed by atoms with Crippen molar-refractivity contribution in [3.63, 3.8) is 0 Å². The molecule has 1 amide bonds. The topological polar surface area (TPSA) is 99.9 Å². The van der Waals surface area contributed by atoms with E-state index in [9.17, 15) is 14.9 Å². The third kappa shape index (κ3) is 4.10. The number of carbonyl (C=O) groups excluding carboxylic acids is 1. The second-order valence-electron chi connectivity index (χ2n) is 5.07. The Bertz CT molecular complexity index is 826. The molecule has 0 spiro atoms.